The highest BCUT2D eigenvalue weighted by Gasteiger charge is 2.10. The van der Waals surface area contributed by atoms with Gasteiger partial charge in [0.1, 0.15) is 11.5 Å². The first kappa shape index (κ1) is 13.1. The van der Waals surface area contributed by atoms with Crippen LogP contribution in [-0.2, 0) is 0 Å². The van der Waals surface area contributed by atoms with Crippen LogP contribution in [0.1, 0.15) is 15.9 Å². The number of ether oxygens (including phenoxy) is 1. The van der Waals surface area contributed by atoms with Crippen molar-refractivity contribution < 1.29 is 14.6 Å². The van der Waals surface area contributed by atoms with Gasteiger partial charge in [-0.2, -0.15) is 5.26 Å². The van der Waals surface area contributed by atoms with Crippen LogP contribution >= 0.6 is 15.9 Å². The average Bonchev–Trinajstić information content (AvgIpc) is 2.41. The van der Waals surface area contributed by atoms with E-state index >= 15 is 0 Å². The molecule has 4 nitrogen and oxygen atoms in total. The molecule has 0 radical (unpaired) electrons. The fraction of sp³-hybridized carbons (Fsp3) is 0. The topological polar surface area (TPSA) is 70.3 Å². The Morgan fingerprint density at radius 2 is 1.79 bits per heavy atom. The van der Waals surface area contributed by atoms with Gasteiger partial charge in [-0.25, -0.2) is 4.79 Å². The molecule has 0 atom stereocenters. The monoisotopic (exact) mass is 317 g/mol. The summed E-state index contributed by atoms with van der Waals surface area (Å²) in [6, 6.07) is 13.3. The summed E-state index contributed by atoms with van der Waals surface area (Å²) in [6.07, 6.45) is 0. The maximum atomic E-state index is 11.0. The average molecular weight is 318 g/mol. The van der Waals surface area contributed by atoms with Crippen LogP contribution < -0.4 is 4.74 Å². The Hall–Kier alpha value is -2.32. The van der Waals surface area contributed by atoms with Gasteiger partial charge in [0.2, 0.25) is 0 Å². The molecule has 0 spiro atoms. The Morgan fingerprint density at radius 1 is 1.16 bits per heavy atom. The number of benzene rings is 2. The highest BCUT2D eigenvalue weighted by atomic mass is 79.9. The van der Waals surface area contributed by atoms with E-state index in [1.165, 1.54) is 6.07 Å². The van der Waals surface area contributed by atoms with Gasteiger partial charge in [0.05, 0.1) is 17.2 Å². The number of carboxylic acids is 1. The summed E-state index contributed by atoms with van der Waals surface area (Å²) in [5.74, 6) is -0.0693. The summed E-state index contributed by atoms with van der Waals surface area (Å²) in [5.41, 5.74) is 0.667. The Bertz CT molecular complexity index is 659. The lowest BCUT2D eigenvalue weighted by Crippen LogP contribution is -1.98. The molecule has 94 valence electrons. The predicted molar refractivity (Wildman–Crippen MR) is 72.3 cm³/mol. The van der Waals surface area contributed by atoms with E-state index in [1.807, 2.05) is 6.07 Å². The number of carbonyl (C=O) groups is 1. The summed E-state index contributed by atoms with van der Waals surface area (Å²) in [6.45, 7) is 0. The lowest BCUT2D eigenvalue weighted by molar-refractivity contribution is 0.0695. The van der Waals surface area contributed by atoms with Gasteiger partial charge >= 0.3 is 5.97 Å². The van der Waals surface area contributed by atoms with E-state index in [2.05, 4.69) is 15.9 Å². The Morgan fingerprint density at radius 3 is 2.37 bits per heavy atom. The van der Waals surface area contributed by atoms with Crippen LogP contribution in [0.25, 0.3) is 0 Å². The molecule has 2 aromatic carbocycles. The zero-order chi connectivity index (χ0) is 13.8. The van der Waals surface area contributed by atoms with Crippen molar-refractivity contribution in [3.8, 4) is 17.6 Å². The minimum atomic E-state index is -1.03. The maximum absolute atomic E-state index is 11.0. The molecule has 0 amide bonds. The molecule has 1 N–H and O–H groups in total. The molecule has 0 aliphatic carbocycles. The molecule has 2 rings (SSSR count). The molecule has 2 aromatic rings. The number of carboxylic acid groups (broad SMARTS) is 1. The summed E-state index contributed by atoms with van der Waals surface area (Å²) in [7, 11) is 0. The summed E-state index contributed by atoms with van der Waals surface area (Å²) < 4.78 is 6.02. The van der Waals surface area contributed by atoms with Crippen LogP contribution in [-0.4, -0.2) is 11.1 Å². The molecule has 5 heteroatoms. The molecule has 0 saturated heterocycles. The number of hydrogen-bond donors (Lipinski definition) is 1. The van der Waals surface area contributed by atoms with Gasteiger partial charge in [-0.15, -0.1) is 0 Å². The smallest absolute Gasteiger partial charge is 0.336 e. The van der Waals surface area contributed by atoms with Crippen LogP contribution in [0, 0.1) is 11.3 Å². The maximum Gasteiger partial charge on any atom is 0.336 e. The summed E-state index contributed by atoms with van der Waals surface area (Å²) in [5, 5.41) is 17.7. The number of hydrogen-bond acceptors (Lipinski definition) is 3. The molecule has 0 unspecified atom stereocenters. The van der Waals surface area contributed by atoms with Gasteiger partial charge in [-0.3, -0.25) is 0 Å². The van der Waals surface area contributed by atoms with Crippen molar-refractivity contribution in [2.75, 3.05) is 0 Å². The lowest BCUT2D eigenvalue weighted by Gasteiger charge is -2.07. The van der Waals surface area contributed by atoms with E-state index in [0.29, 0.717) is 21.5 Å². The van der Waals surface area contributed by atoms with Crippen LogP contribution in [0.15, 0.2) is 46.9 Å². The lowest BCUT2D eigenvalue weighted by atomic mass is 10.2. The molecular formula is C14H8BrNO3. The normalized spacial score (nSPS) is 9.68. The Labute approximate surface area is 118 Å². The van der Waals surface area contributed by atoms with Gasteiger partial charge in [-0.05, 0) is 58.4 Å². The zero-order valence-corrected chi connectivity index (χ0v) is 11.2. The van der Waals surface area contributed by atoms with Crippen LogP contribution in [0.2, 0.25) is 0 Å². The fourth-order valence-corrected chi connectivity index (χ4v) is 1.88. The number of nitriles is 1. The van der Waals surface area contributed by atoms with Crippen molar-refractivity contribution in [2.45, 2.75) is 0 Å². The Kier molecular flexibility index (Phi) is 3.83. The molecule has 0 bridgehead atoms. The molecule has 0 aromatic heterocycles. The largest absolute Gasteiger partial charge is 0.478 e. The second-order valence-electron chi connectivity index (χ2n) is 3.69. The van der Waals surface area contributed by atoms with Gasteiger partial charge in [0, 0.05) is 4.47 Å². The minimum Gasteiger partial charge on any atom is -0.478 e. The SMILES string of the molecule is N#Cc1ccc(Oc2ccc(Br)c(C(=O)O)c2)cc1. The first-order chi connectivity index (χ1) is 9.10. The molecule has 0 aliphatic heterocycles. The fourth-order valence-electron chi connectivity index (χ4n) is 1.47. The first-order valence-electron chi connectivity index (χ1n) is 5.31. The van der Waals surface area contributed by atoms with E-state index in [9.17, 15) is 4.79 Å². The minimum absolute atomic E-state index is 0.131. The standard InChI is InChI=1S/C14H8BrNO3/c15-13-6-5-11(7-12(13)14(17)18)19-10-3-1-9(8-16)2-4-10/h1-7H,(H,17,18). The quantitative estimate of drug-likeness (QED) is 0.934. The van der Waals surface area contributed by atoms with Crippen LogP contribution in [0.3, 0.4) is 0 Å². The molecule has 19 heavy (non-hydrogen) atoms. The third-order valence-electron chi connectivity index (χ3n) is 2.39. The van der Waals surface area contributed by atoms with Crippen molar-refractivity contribution in [2.24, 2.45) is 0 Å². The van der Waals surface area contributed by atoms with E-state index in [1.54, 1.807) is 36.4 Å². The van der Waals surface area contributed by atoms with E-state index in [4.69, 9.17) is 15.1 Å². The van der Waals surface area contributed by atoms with E-state index in [0.717, 1.165) is 0 Å². The number of aromatic carboxylic acids is 1. The summed E-state index contributed by atoms with van der Waals surface area (Å²) in [4.78, 5) is 11.0. The predicted octanol–water partition coefficient (Wildman–Crippen LogP) is 3.81. The zero-order valence-electron chi connectivity index (χ0n) is 9.63. The third-order valence-corrected chi connectivity index (χ3v) is 3.08. The molecular weight excluding hydrogens is 310 g/mol. The first-order valence-corrected chi connectivity index (χ1v) is 6.10. The molecule has 0 aliphatic rings. The van der Waals surface area contributed by atoms with Crippen molar-refractivity contribution in [1.82, 2.24) is 0 Å². The van der Waals surface area contributed by atoms with Gasteiger partial charge in [-0.1, -0.05) is 0 Å². The molecule has 0 saturated carbocycles. The van der Waals surface area contributed by atoms with Gasteiger partial charge in [0.25, 0.3) is 0 Å². The number of halogens is 1. The molecule has 0 heterocycles. The Balaban J connectivity index is 2.25. The van der Waals surface area contributed by atoms with E-state index < -0.39 is 5.97 Å². The highest BCUT2D eigenvalue weighted by Crippen LogP contribution is 2.26. The second kappa shape index (κ2) is 5.55. The van der Waals surface area contributed by atoms with E-state index in [-0.39, 0.29) is 5.56 Å². The van der Waals surface area contributed by atoms with Crippen molar-refractivity contribution in [3.05, 3.63) is 58.1 Å². The third kappa shape index (κ3) is 3.12. The van der Waals surface area contributed by atoms with Gasteiger partial charge in [0.15, 0.2) is 0 Å². The molecule has 0 fully saturated rings. The van der Waals surface area contributed by atoms with Crippen LogP contribution in [0.5, 0.6) is 11.5 Å². The van der Waals surface area contributed by atoms with Crippen molar-refractivity contribution in [1.29, 1.82) is 5.26 Å². The second-order valence-corrected chi connectivity index (χ2v) is 4.54. The number of rotatable bonds is 3. The van der Waals surface area contributed by atoms with Crippen molar-refractivity contribution in [3.63, 3.8) is 0 Å². The van der Waals surface area contributed by atoms with Gasteiger partial charge < -0.3 is 9.84 Å². The summed E-state index contributed by atoms with van der Waals surface area (Å²) >= 11 is 3.16. The van der Waals surface area contributed by atoms with Crippen LogP contribution in [0.4, 0.5) is 0 Å². The van der Waals surface area contributed by atoms with Crippen molar-refractivity contribution >= 4 is 21.9 Å². The highest BCUT2D eigenvalue weighted by molar-refractivity contribution is 9.10. The number of nitrogens with zero attached hydrogens (tertiary/aromatic N) is 1.